The molecule has 0 aromatic heterocycles. The van der Waals surface area contributed by atoms with E-state index in [9.17, 15) is 4.79 Å². The first-order valence-electron chi connectivity index (χ1n) is 6.30. The third-order valence-corrected chi connectivity index (χ3v) is 3.61. The summed E-state index contributed by atoms with van der Waals surface area (Å²) >= 11 is 0. The van der Waals surface area contributed by atoms with E-state index in [0.29, 0.717) is 19.1 Å². The average Bonchev–Trinajstić information content (AvgIpc) is 2.29. The minimum absolute atomic E-state index is 0.0318. The van der Waals surface area contributed by atoms with Gasteiger partial charge in [-0.1, -0.05) is 6.92 Å². The molecule has 2 aliphatic heterocycles. The van der Waals surface area contributed by atoms with Crippen molar-refractivity contribution in [3.63, 3.8) is 0 Å². The zero-order valence-corrected chi connectivity index (χ0v) is 10.2. The van der Waals surface area contributed by atoms with Crippen LogP contribution in [-0.2, 0) is 9.53 Å². The lowest BCUT2D eigenvalue weighted by atomic mass is 9.93. The van der Waals surface area contributed by atoms with Gasteiger partial charge >= 0.3 is 0 Å². The summed E-state index contributed by atoms with van der Waals surface area (Å²) < 4.78 is 5.36. The Balaban J connectivity index is 1.94. The van der Waals surface area contributed by atoms with E-state index >= 15 is 0 Å². The fourth-order valence-electron chi connectivity index (χ4n) is 2.55. The SMILES string of the molecule is CC1CCNC(C(=O)N2CCOCC2C)C1. The van der Waals surface area contributed by atoms with E-state index in [1.807, 2.05) is 4.90 Å². The maximum Gasteiger partial charge on any atom is 0.240 e. The molecule has 2 fully saturated rings. The van der Waals surface area contributed by atoms with Gasteiger partial charge in [-0.2, -0.15) is 0 Å². The van der Waals surface area contributed by atoms with Gasteiger partial charge in [0, 0.05) is 6.54 Å². The van der Waals surface area contributed by atoms with Crippen LogP contribution in [0.3, 0.4) is 0 Å². The van der Waals surface area contributed by atoms with Gasteiger partial charge in [0.2, 0.25) is 5.91 Å². The third-order valence-electron chi connectivity index (χ3n) is 3.61. The molecule has 0 radical (unpaired) electrons. The van der Waals surface area contributed by atoms with E-state index in [-0.39, 0.29) is 18.0 Å². The molecule has 0 bridgehead atoms. The standard InChI is InChI=1S/C12H22N2O2/c1-9-3-4-13-11(7-9)12(15)14-5-6-16-8-10(14)2/h9-11,13H,3-8H2,1-2H3. The first-order valence-corrected chi connectivity index (χ1v) is 6.30. The lowest BCUT2D eigenvalue weighted by molar-refractivity contribution is -0.142. The predicted octanol–water partition coefficient (Wildman–Crippen LogP) is 0.622. The van der Waals surface area contributed by atoms with Crippen molar-refractivity contribution in [3.8, 4) is 0 Å². The Morgan fingerprint density at radius 2 is 2.25 bits per heavy atom. The summed E-state index contributed by atoms with van der Waals surface area (Å²) in [6.45, 7) is 7.35. The molecule has 2 aliphatic rings. The molecule has 0 aromatic rings. The molecule has 2 saturated heterocycles. The molecule has 92 valence electrons. The average molecular weight is 226 g/mol. The number of nitrogens with zero attached hydrogens (tertiary/aromatic N) is 1. The molecule has 2 rings (SSSR count). The van der Waals surface area contributed by atoms with Crippen LogP contribution in [0, 0.1) is 5.92 Å². The number of hydrogen-bond donors (Lipinski definition) is 1. The van der Waals surface area contributed by atoms with Crippen LogP contribution in [-0.4, -0.2) is 49.2 Å². The van der Waals surface area contributed by atoms with Crippen LogP contribution < -0.4 is 5.32 Å². The van der Waals surface area contributed by atoms with Crippen molar-refractivity contribution in [2.24, 2.45) is 5.92 Å². The van der Waals surface area contributed by atoms with Crippen molar-refractivity contribution in [1.82, 2.24) is 10.2 Å². The van der Waals surface area contributed by atoms with Crippen molar-refractivity contribution < 1.29 is 9.53 Å². The molecular weight excluding hydrogens is 204 g/mol. The minimum Gasteiger partial charge on any atom is -0.377 e. The maximum atomic E-state index is 12.3. The number of nitrogens with one attached hydrogen (secondary N) is 1. The van der Waals surface area contributed by atoms with E-state index in [1.54, 1.807) is 0 Å². The number of morpholine rings is 1. The van der Waals surface area contributed by atoms with Gasteiger partial charge in [-0.25, -0.2) is 0 Å². The Bertz CT molecular complexity index is 257. The second-order valence-electron chi connectivity index (χ2n) is 5.09. The Kier molecular flexibility index (Phi) is 3.82. The van der Waals surface area contributed by atoms with E-state index in [0.717, 1.165) is 19.5 Å². The molecule has 0 spiro atoms. The van der Waals surface area contributed by atoms with Crippen molar-refractivity contribution in [2.45, 2.75) is 38.8 Å². The summed E-state index contributed by atoms with van der Waals surface area (Å²) in [6, 6.07) is 0.254. The highest BCUT2D eigenvalue weighted by molar-refractivity contribution is 5.82. The van der Waals surface area contributed by atoms with Crippen LogP contribution in [0.25, 0.3) is 0 Å². The first-order chi connectivity index (χ1) is 7.68. The van der Waals surface area contributed by atoms with Crippen LogP contribution in [0.1, 0.15) is 26.7 Å². The highest BCUT2D eigenvalue weighted by atomic mass is 16.5. The Hall–Kier alpha value is -0.610. The predicted molar refractivity (Wildman–Crippen MR) is 62.2 cm³/mol. The van der Waals surface area contributed by atoms with Gasteiger partial charge in [0.15, 0.2) is 0 Å². The molecule has 3 atom stereocenters. The summed E-state index contributed by atoms with van der Waals surface area (Å²) in [5.41, 5.74) is 0. The largest absolute Gasteiger partial charge is 0.377 e. The van der Waals surface area contributed by atoms with E-state index < -0.39 is 0 Å². The minimum atomic E-state index is 0.0318. The highest BCUT2D eigenvalue weighted by Crippen LogP contribution is 2.18. The Labute approximate surface area is 97.3 Å². The smallest absolute Gasteiger partial charge is 0.240 e. The molecule has 3 unspecified atom stereocenters. The van der Waals surface area contributed by atoms with Gasteiger partial charge in [0.05, 0.1) is 25.3 Å². The van der Waals surface area contributed by atoms with Gasteiger partial charge < -0.3 is 15.0 Å². The van der Waals surface area contributed by atoms with Gasteiger partial charge in [0.1, 0.15) is 0 Å². The van der Waals surface area contributed by atoms with Crippen molar-refractivity contribution >= 4 is 5.91 Å². The van der Waals surface area contributed by atoms with Crippen molar-refractivity contribution in [2.75, 3.05) is 26.3 Å². The molecule has 4 nitrogen and oxygen atoms in total. The van der Waals surface area contributed by atoms with Crippen LogP contribution in [0.2, 0.25) is 0 Å². The van der Waals surface area contributed by atoms with E-state index in [1.165, 1.54) is 6.42 Å². The molecular formula is C12H22N2O2. The molecule has 0 saturated carbocycles. The number of ether oxygens (including phenoxy) is 1. The quantitative estimate of drug-likeness (QED) is 0.713. The van der Waals surface area contributed by atoms with Crippen LogP contribution in [0.5, 0.6) is 0 Å². The number of rotatable bonds is 1. The second kappa shape index (κ2) is 5.15. The Morgan fingerprint density at radius 1 is 1.44 bits per heavy atom. The van der Waals surface area contributed by atoms with Crippen LogP contribution in [0.15, 0.2) is 0 Å². The van der Waals surface area contributed by atoms with Crippen molar-refractivity contribution in [1.29, 1.82) is 0 Å². The fraction of sp³-hybridized carbons (Fsp3) is 0.917. The summed E-state index contributed by atoms with van der Waals surface area (Å²) in [4.78, 5) is 14.3. The first kappa shape index (κ1) is 11.9. The summed E-state index contributed by atoms with van der Waals surface area (Å²) in [5.74, 6) is 0.925. The summed E-state index contributed by atoms with van der Waals surface area (Å²) in [7, 11) is 0. The number of hydrogen-bond acceptors (Lipinski definition) is 3. The molecule has 4 heteroatoms. The molecule has 1 amide bonds. The van der Waals surface area contributed by atoms with Crippen LogP contribution in [0.4, 0.5) is 0 Å². The molecule has 0 aliphatic carbocycles. The van der Waals surface area contributed by atoms with E-state index in [2.05, 4.69) is 19.2 Å². The highest BCUT2D eigenvalue weighted by Gasteiger charge is 2.31. The normalized spacial score (nSPS) is 36.1. The van der Waals surface area contributed by atoms with Crippen LogP contribution >= 0.6 is 0 Å². The molecule has 1 N–H and O–H groups in total. The number of piperidine rings is 1. The monoisotopic (exact) mass is 226 g/mol. The molecule has 2 heterocycles. The third kappa shape index (κ3) is 2.55. The second-order valence-corrected chi connectivity index (χ2v) is 5.09. The zero-order chi connectivity index (χ0) is 11.5. The summed E-state index contributed by atoms with van der Waals surface area (Å²) in [5, 5.41) is 3.34. The fourth-order valence-corrected chi connectivity index (χ4v) is 2.55. The van der Waals surface area contributed by atoms with Crippen molar-refractivity contribution in [3.05, 3.63) is 0 Å². The lowest BCUT2D eigenvalue weighted by Crippen LogP contribution is -2.55. The lowest BCUT2D eigenvalue weighted by Gasteiger charge is -2.38. The molecule has 16 heavy (non-hydrogen) atoms. The van der Waals surface area contributed by atoms with E-state index in [4.69, 9.17) is 4.74 Å². The van der Waals surface area contributed by atoms with Gasteiger partial charge in [-0.3, -0.25) is 4.79 Å². The van der Waals surface area contributed by atoms with Gasteiger partial charge in [0.25, 0.3) is 0 Å². The number of carbonyl (C=O) groups excluding carboxylic acids is 1. The zero-order valence-electron chi connectivity index (χ0n) is 10.2. The molecule has 0 aromatic carbocycles. The topological polar surface area (TPSA) is 41.6 Å². The Morgan fingerprint density at radius 3 is 2.94 bits per heavy atom. The number of amides is 1. The van der Waals surface area contributed by atoms with Gasteiger partial charge in [-0.05, 0) is 32.2 Å². The maximum absolute atomic E-state index is 12.3. The summed E-state index contributed by atoms with van der Waals surface area (Å²) in [6.07, 6.45) is 2.16. The number of carbonyl (C=O) groups is 1. The van der Waals surface area contributed by atoms with Gasteiger partial charge in [-0.15, -0.1) is 0 Å².